The first kappa shape index (κ1) is 18.2. The minimum absolute atomic E-state index is 0.306. The highest BCUT2D eigenvalue weighted by Gasteiger charge is 2.20. The highest BCUT2D eigenvalue weighted by molar-refractivity contribution is 6.15. The highest BCUT2D eigenvalue weighted by Crippen LogP contribution is 2.19. The van der Waals surface area contributed by atoms with Gasteiger partial charge in [0.15, 0.2) is 0 Å². The van der Waals surface area contributed by atoms with Crippen LogP contribution in [-0.4, -0.2) is 26.0 Å². The molecule has 0 saturated carbocycles. The molecule has 7 heteroatoms. The van der Waals surface area contributed by atoms with Crippen molar-refractivity contribution >= 4 is 17.4 Å². The van der Waals surface area contributed by atoms with Crippen molar-refractivity contribution < 1.29 is 9.63 Å². The van der Waals surface area contributed by atoms with Gasteiger partial charge in [0, 0.05) is 36.3 Å². The quantitative estimate of drug-likeness (QED) is 0.247. The number of carbonyl (C=O) groups excluding carboxylic acids is 1. The molecular formula is C22H19N5O2. The van der Waals surface area contributed by atoms with E-state index < -0.39 is 5.97 Å². The molecule has 2 N–H and O–H groups in total. The molecule has 7 nitrogen and oxygen atoms in total. The van der Waals surface area contributed by atoms with Gasteiger partial charge in [-0.2, -0.15) is 5.10 Å². The van der Waals surface area contributed by atoms with Crippen LogP contribution in [0.2, 0.25) is 0 Å². The molecule has 0 atom stereocenters. The van der Waals surface area contributed by atoms with E-state index in [0.717, 1.165) is 5.56 Å². The maximum absolute atomic E-state index is 12.8. The minimum atomic E-state index is -0.607. The van der Waals surface area contributed by atoms with Crippen LogP contribution in [0, 0.1) is 0 Å². The number of nitrogens with zero attached hydrogens (tertiary/aromatic N) is 4. The lowest BCUT2D eigenvalue weighted by Crippen LogP contribution is -2.11. The molecule has 0 aliphatic rings. The summed E-state index contributed by atoms with van der Waals surface area (Å²) >= 11 is 0. The Morgan fingerprint density at radius 3 is 2.38 bits per heavy atom. The van der Waals surface area contributed by atoms with E-state index in [9.17, 15) is 4.79 Å². The van der Waals surface area contributed by atoms with Gasteiger partial charge in [-0.3, -0.25) is 4.68 Å². The second kappa shape index (κ2) is 7.85. The number of oxime groups is 1. The Labute approximate surface area is 167 Å². The molecule has 29 heavy (non-hydrogen) atoms. The van der Waals surface area contributed by atoms with Crippen molar-refractivity contribution in [1.29, 1.82) is 0 Å². The number of hydrogen-bond acceptors (Lipinski definition) is 5. The molecule has 0 saturated heterocycles. The fourth-order valence-corrected chi connectivity index (χ4v) is 3.06. The van der Waals surface area contributed by atoms with E-state index >= 15 is 0 Å². The van der Waals surface area contributed by atoms with Crippen LogP contribution in [0.4, 0.5) is 5.69 Å². The summed E-state index contributed by atoms with van der Waals surface area (Å²) in [5.74, 6) is -0.0135. The zero-order valence-electron chi connectivity index (χ0n) is 15.8. The summed E-state index contributed by atoms with van der Waals surface area (Å²) in [6.45, 7) is 0. The number of benzene rings is 2. The predicted molar refractivity (Wildman–Crippen MR) is 111 cm³/mol. The van der Waals surface area contributed by atoms with Gasteiger partial charge in [-0.15, -0.1) is 0 Å². The number of para-hydroxylation sites is 1. The number of carbonyl (C=O) groups is 1. The van der Waals surface area contributed by atoms with E-state index in [1.807, 2.05) is 73.1 Å². The lowest BCUT2D eigenvalue weighted by molar-refractivity contribution is 0.0517. The number of nitrogens with two attached hydrogens (primary N) is 1. The van der Waals surface area contributed by atoms with E-state index in [4.69, 9.17) is 10.6 Å². The predicted octanol–water partition coefficient (Wildman–Crippen LogP) is 3.40. The molecule has 0 aliphatic carbocycles. The van der Waals surface area contributed by atoms with Crippen LogP contribution in [0.1, 0.15) is 21.5 Å². The minimum Gasteiger partial charge on any atom is -0.398 e. The van der Waals surface area contributed by atoms with Crippen molar-refractivity contribution in [2.75, 3.05) is 5.73 Å². The third kappa shape index (κ3) is 3.66. The average Bonchev–Trinajstić information content (AvgIpc) is 3.39. The Balaban J connectivity index is 1.71. The summed E-state index contributed by atoms with van der Waals surface area (Å²) in [5.41, 5.74) is 8.92. The molecule has 4 aromatic rings. The lowest BCUT2D eigenvalue weighted by Gasteiger charge is -2.10. The van der Waals surface area contributed by atoms with Crippen LogP contribution in [0.25, 0.3) is 5.82 Å². The normalized spacial score (nSPS) is 11.4. The molecule has 0 amide bonds. The van der Waals surface area contributed by atoms with Gasteiger partial charge in [-0.05, 0) is 18.2 Å². The summed E-state index contributed by atoms with van der Waals surface area (Å²) in [6, 6.07) is 20.5. The maximum Gasteiger partial charge on any atom is 0.371 e. The summed E-state index contributed by atoms with van der Waals surface area (Å²) in [6.07, 6.45) is 5.13. The van der Waals surface area contributed by atoms with Crippen molar-refractivity contribution in [3.8, 4) is 5.82 Å². The van der Waals surface area contributed by atoms with Crippen molar-refractivity contribution in [3.63, 3.8) is 0 Å². The van der Waals surface area contributed by atoms with Crippen molar-refractivity contribution in [1.82, 2.24) is 14.3 Å². The summed E-state index contributed by atoms with van der Waals surface area (Å²) in [4.78, 5) is 18.1. The first-order valence-corrected chi connectivity index (χ1v) is 9.00. The van der Waals surface area contributed by atoms with Crippen LogP contribution < -0.4 is 5.73 Å². The molecule has 2 aromatic heterocycles. The summed E-state index contributed by atoms with van der Waals surface area (Å²) in [7, 11) is 1.76. The van der Waals surface area contributed by atoms with Gasteiger partial charge in [0.2, 0.25) is 0 Å². The van der Waals surface area contributed by atoms with Crippen LogP contribution in [0.5, 0.6) is 0 Å². The van der Waals surface area contributed by atoms with Gasteiger partial charge in [0.25, 0.3) is 0 Å². The highest BCUT2D eigenvalue weighted by atomic mass is 16.7. The SMILES string of the molecule is Cn1ncc(C(=O)ON=C(c2ccccc2)c2ccccc2N)c1-n1cccc1. The number of aromatic nitrogens is 3. The topological polar surface area (TPSA) is 87.4 Å². The standard InChI is InChI=1S/C22H19N5O2/c1-26-21(27-13-7-8-14-27)18(15-24-26)22(28)29-25-20(16-9-3-2-4-10-16)17-11-5-6-12-19(17)23/h2-15H,23H2,1H3. The van der Waals surface area contributed by atoms with Gasteiger partial charge in [0.05, 0.1) is 6.20 Å². The monoisotopic (exact) mass is 385 g/mol. The number of aryl methyl sites for hydroxylation is 1. The van der Waals surface area contributed by atoms with Crippen molar-refractivity contribution in [2.45, 2.75) is 0 Å². The Bertz CT molecular complexity index is 1160. The maximum atomic E-state index is 12.8. The lowest BCUT2D eigenvalue weighted by atomic mass is 10.0. The molecule has 0 spiro atoms. The Hall–Kier alpha value is -4.13. The third-order valence-electron chi connectivity index (χ3n) is 4.46. The Morgan fingerprint density at radius 1 is 0.966 bits per heavy atom. The van der Waals surface area contributed by atoms with Crippen molar-refractivity contribution in [2.24, 2.45) is 12.2 Å². The molecule has 0 radical (unpaired) electrons. The smallest absolute Gasteiger partial charge is 0.371 e. The molecule has 2 heterocycles. The molecule has 4 rings (SSSR count). The third-order valence-corrected chi connectivity index (χ3v) is 4.46. The number of hydrogen-bond donors (Lipinski definition) is 1. The largest absolute Gasteiger partial charge is 0.398 e. The molecule has 2 aromatic carbocycles. The molecule has 0 fully saturated rings. The van der Waals surface area contributed by atoms with Gasteiger partial charge >= 0.3 is 5.97 Å². The van der Waals surface area contributed by atoms with Gasteiger partial charge in [-0.25, -0.2) is 4.79 Å². The summed E-state index contributed by atoms with van der Waals surface area (Å²) in [5, 5.41) is 8.35. The van der Waals surface area contributed by atoms with E-state index in [1.54, 1.807) is 22.4 Å². The van der Waals surface area contributed by atoms with Gasteiger partial charge < -0.3 is 15.1 Å². The second-order valence-corrected chi connectivity index (χ2v) is 6.37. The summed E-state index contributed by atoms with van der Waals surface area (Å²) < 4.78 is 3.40. The molecular weight excluding hydrogens is 366 g/mol. The van der Waals surface area contributed by atoms with E-state index in [-0.39, 0.29) is 0 Å². The first-order valence-electron chi connectivity index (χ1n) is 9.00. The van der Waals surface area contributed by atoms with Crippen LogP contribution in [-0.2, 0) is 11.9 Å². The van der Waals surface area contributed by atoms with Crippen LogP contribution in [0.15, 0.2) is 90.5 Å². The first-order chi connectivity index (χ1) is 14.1. The Morgan fingerprint density at radius 2 is 1.66 bits per heavy atom. The molecule has 144 valence electrons. The second-order valence-electron chi connectivity index (χ2n) is 6.37. The van der Waals surface area contributed by atoms with Gasteiger partial charge in [0.1, 0.15) is 17.1 Å². The van der Waals surface area contributed by atoms with E-state index in [1.165, 1.54) is 6.20 Å². The van der Waals surface area contributed by atoms with Crippen molar-refractivity contribution in [3.05, 3.63) is 102 Å². The fourth-order valence-electron chi connectivity index (χ4n) is 3.06. The van der Waals surface area contributed by atoms with E-state index in [0.29, 0.717) is 28.3 Å². The number of anilines is 1. The molecule has 0 unspecified atom stereocenters. The van der Waals surface area contributed by atoms with Gasteiger partial charge in [-0.1, -0.05) is 53.7 Å². The van der Waals surface area contributed by atoms with Crippen LogP contribution in [0.3, 0.4) is 0 Å². The zero-order chi connectivity index (χ0) is 20.2. The zero-order valence-corrected chi connectivity index (χ0v) is 15.8. The Kier molecular flexibility index (Phi) is 4.94. The fraction of sp³-hybridized carbons (Fsp3) is 0.0455. The molecule has 0 aliphatic heterocycles. The van der Waals surface area contributed by atoms with E-state index in [2.05, 4.69) is 10.3 Å². The molecule has 0 bridgehead atoms. The average molecular weight is 385 g/mol. The number of rotatable bonds is 5. The number of nitrogen functional groups attached to an aromatic ring is 1. The van der Waals surface area contributed by atoms with Crippen LogP contribution >= 0.6 is 0 Å².